The number of amides is 1. The van der Waals surface area contributed by atoms with Crippen LogP contribution in [0.15, 0.2) is 24.3 Å². The third-order valence-electron chi connectivity index (χ3n) is 2.82. The van der Waals surface area contributed by atoms with Gasteiger partial charge in [-0.1, -0.05) is 26.0 Å². The number of ether oxygens (including phenoxy) is 1. The number of hydrogen-bond donors (Lipinski definition) is 2. The highest BCUT2D eigenvalue weighted by atomic mass is 16.5. The lowest BCUT2D eigenvalue weighted by molar-refractivity contribution is -0.116. The highest BCUT2D eigenvalue weighted by molar-refractivity contribution is 5.90. The molecule has 1 rings (SSSR count). The topological polar surface area (TPSA) is 50.4 Å². The summed E-state index contributed by atoms with van der Waals surface area (Å²) in [6.07, 6.45) is 1.25. The molecule has 0 aromatic heterocycles. The Morgan fingerprint density at radius 3 is 2.85 bits per heavy atom. The fourth-order valence-corrected chi connectivity index (χ4v) is 1.78. The van der Waals surface area contributed by atoms with Crippen molar-refractivity contribution in [3.8, 4) is 0 Å². The molecule has 20 heavy (non-hydrogen) atoms. The lowest BCUT2D eigenvalue weighted by atomic mass is 10.2. The van der Waals surface area contributed by atoms with Gasteiger partial charge in [0.2, 0.25) is 5.91 Å². The first kappa shape index (κ1) is 16.7. The predicted molar refractivity (Wildman–Crippen MR) is 82.8 cm³/mol. The van der Waals surface area contributed by atoms with E-state index in [4.69, 9.17) is 4.74 Å². The predicted octanol–water partition coefficient (Wildman–Crippen LogP) is 2.94. The number of rotatable bonds is 9. The summed E-state index contributed by atoms with van der Waals surface area (Å²) < 4.78 is 5.22. The van der Waals surface area contributed by atoms with Gasteiger partial charge in [0.25, 0.3) is 0 Å². The van der Waals surface area contributed by atoms with Crippen molar-refractivity contribution in [3.05, 3.63) is 29.8 Å². The molecule has 1 amide bonds. The third-order valence-corrected chi connectivity index (χ3v) is 2.82. The van der Waals surface area contributed by atoms with Gasteiger partial charge in [-0.15, -0.1) is 0 Å². The maximum absolute atomic E-state index is 11.8. The van der Waals surface area contributed by atoms with E-state index in [0.717, 1.165) is 18.7 Å². The molecule has 0 aliphatic heterocycles. The average molecular weight is 278 g/mol. The molecule has 0 fully saturated rings. The molecule has 1 aromatic carbocycles. The molecule has 0 radical (unpaired) electrons. The Balaban J connectivity index is 2.39. The van der Waals surface area contributed by atoms with Gasteiger partial charge in [-0.2, -0.15) is 0 Å². The van der Waals surface area contributed by atoms with Crippen LogP contribution in [-0.2, 0) is 16.1 Å². The summed E-state index contributed by atoms with van der Waals surface area (Å²) in [5, 5.41) is 6.29. The van der Waals surface area contributed by atoms with E-state index in [2.05, 4.69) is 30.5 Å². The van der Waals surface area contributed by atoms with Crippen LogP contribution in [0.1, 0.15) is 39.2 Å². The van der Waals surface area contributed by atoms with Crippen molar-refractivity contribution in [1.82, 2.24) is 5.32 Å². The number of carbonyl (C=O) groups is 1. The number of carbonyl (C=O) groups excluding carboxylic acids is 1. The summed E-state index contributed by atoms with van der Waals surface area (Å²) >= 11 is 0. The molecular weight excluding hydrogens is 252 g/mol. The van der Waals surface area contributed by atoms with E-state index in [1.54, 1.807) is 0 Å². The average Bonchev–Trinajstić information content (AvgIpc) is 2.42. The summed E-state index contributed by atoms with van der Waals surface area (Å²) in [7, 11) is 0. The molecule has 0 aliphatic carbocycles. The number of anilines is 1. The van der Waals surface area contributed by atoms with E-state index < -0.39 is 0 Å². The molecule has 0 atom stereocenters. The summed E-state index contributed by atoms with van der Waals surface area (Å²) in [6, 6.07) is 8.40. The zero-order chi connectivity index (χ0) is 14.8. The van der Waals surface area contributed by atoms with Gasteiger partial charge >= 0.3 is 0 Å². The highest BCUT2D eigenvalue weighted by Gasteiger charge is 2.03. The minimum absolute atomic E-state index is 0.0404. The van der Waals surface area contributed by atoms with Crippen LogP contribution in [0.2, 0.25) is 0 Å². The molecule has 0 heterocycles. The molecule has 4 heteroatoms. The molecule has 4 nitrogen and oxygen atoms in total. The van der Waals surface area contributed by atoms with Crippen molar-refractivity contribution in [3.63, 3.8) is 0 Å². The van der Waals surface area contributed by atoms with Crippen molar-refractivity contribution in [2.75, 3.05) is 18.5 Å². The first-order valence-electron chi connectivity index (χ1n) is 7.31. The molecule has 0 aliphatic rings. The number of nitrogens with one attached hydrogen (secondary N) is 2. The summed E-state index contributed by atoms with van der Waals surface area (Å²) in [5.74, 6) is 0.0404. The van der Waals surface area contributed by atoms with Crippen LogP contribution in [0, 0.1) is 0 Å². The lowest BCUT2D eigenvalue weighted by Crippen LogP contribution is -2.21. The minimum atomic E-state index is 0.0404. The quantitative estimate of drug-likeness (QED) is 0.683. The van der Waals surface area contributed by atoms with E-state index >= 15 is 0 Å². The van der Waals surface area contributed by atoms with Crippen LogP contribution < -0.4 is 10.6 Å². The second-order valence-corrected chi connectivity index (χ2v) is 5.08. The minimum Gasteiger partial charge on any atom is -0.382 e. The molecule has 0 bridgehead atoms. The van der Waals surface area contributed by atoms with Crippen LogP contribution in [0.5, 0.6) is 0 Å². The van der Waals surface area contributed by atoms with Gasteiger partial charge in [-0.25, -0.2) is 0 Å². The largest absolute Gasteiger partial charge is 0.382 e. The second kappa shape index (κ2) is 9.50. The van der Waals surface area contributed by atoms with E-state index in [1.165, 1.54) is 5.56 Å². The van der Waals surface area contributed by atoms with Crippen LogP contribution in [0.4, 0.5) is 5.69 Å². The maximum Gasteiger partial charge on any atom is 0.224 e. The Morgan fingerprint density at radius 1 is 1.35 bits per heavy atom. The maximum atomic E-state index is 11.8. The van der Waals surface area contributed by atoms with E-state index in [1.807, 2.05) is 25.1 Å². The standard InChI is InChI=1S/C16H26N2O2/c1-4-20-10-6-9-16(19)18-15-8-5-7-14(11-15)12-17-13(2)3/h5,7-8,11,13,17H,4,6,9-10,12H2,1-3H3,(H,18,19). The van der Waals surface area contributed by atoms with Crippen LogP contribution in [0.25, 0.3) is 0 Å². The van der Waals surface area contributed by atoms with E-state index in [9.17, 15) is 4.79 Å². The molecule has 2 N–H and O–H groups in total. The van der Waals surface area contributed by atoms with Crippen molar-refractivity contribution in [2.24, 2.45) is 0 Å². The Kier molecular flexibility index (Phi) is 7.92. The monoisotopic (exact) mass is 278 g/mol. The Hall–Kier alpha value is -1.39. The van der Waals surface area contributed by atoms with Crippen LogP contribution in [0.3, 0.4) is 0 Å². The molecule has 1 aromatic rings. The second-order valence-electron chi connectivity index (χ2n) is 5.08. The lowest BCUT2D eigenvalue weighted by Gasteiger charge is -2.10. The van der Waals surface area contributed by atoms with Gasteiger partial charge in [0, 0.05) is 37.9 Å². The van der Waals surface area contributed by atoms with Gasteiger partial charge in [0.15, 0.2) is 0 Å². The zero-order valence-electron chi connectivity index (χ0n) is 12.7. The van der Waals surface area contributed by atoms with E-state index in [-0.39, 0.29) is 5.91 Å². The third kappa shape index (κ3) is 7.26. The number of benzene rings is 1. The summed E-state index contributed by atoms with van der Waals surface area (Å²) in [4.78, 5) is 11.8. The van der Waals surface area contributed by atoms with Gasteiger partial charge in [-0.05, 0) is 31.0 Å². The molecule has 0 spiro atoms. The van der Waals surface area contributed by atoms with Crippen molar-refractivity contribution in [1.29, 1.82) is 0 Å². The Labute approximate surface area is 121 Å². The van der Waals surface area contributed by atoms with Crippen LogP contribution >= 0.6 is 0 Å². The van der Waals surface area contributed by atoms with Crippen molar-refractivity contribution >= 4 is 11.6 Å². The fraction of sp³-hybridized carbons (Fsp3) is 0.562. The fourth-order valence-electron chi connectivity index (χ4n) is 1.78. The van der Waals surface area contributed by atoms with Crippen molar-refractivity contribution < 1.29 is 9.53 Å². The van der Waals surface area contributed by atoms with Gasteiger partial charge in [0.05, 0.1) is 0 Å². The van der Waals surface area contributed by atoms with Gasteiger partial charge < -0.3 is 15.4 Å². The summed E-state index contributed by atoms with van der Waals surface area (Å²) in [5.41, 5.74) is 2.03. The molecule has 0 saturated heterocycles. The summed E-state index contributed by atoms with van der Waals surface area (Å²) in [6.45, 7) is 8.34. The Morgan fingerprint density at radius 2 is 2.15 bits per heavy atom. The number of hydrogen-bond acceptors (Lipinski definition) is 3. The normalized spacial score (nSPS) is 10.8. The zero-order valence-corrected chi connectivity index (χ0v) is 12.7. The SMILES string of the molecule is CCOCCCC(=O)Nc1cccc(CNC(C)C)c1. The highest BCUT2D eigenvalue weighted by Crippen LogP contribution is 2.11. The molecule has 0 unspecified atom stereocenters. The molecular formula is C16H26N2O2. The first-order chi connectivity index (χ1) is 9.61. The van der Waals surface area contributed by atoms with Gasteiger partial charge in [-0.3, -0.25) is 4.79 Å². The smallest absolute Gasteiger partial charge is 0.224 e. The van der Waals surface area contributed by atoms with E-state index in [0.29, 0.717) is 25.7 Å². The molecule has 112 valence electrons. The molecule has 0 saturated carbocycles. The Bertz CT molecular complexity index is 405. The first-order valence-corrected chi connectivity index (χ1v) is 7.31. The van der Waals surface area contributed by atoms with Gasteiger partial charge in [0.1, 0.15) is 0 Å². The van der Waals surface area contributed by atoms with Crippen LogP contribution in [-0.4, -0.2) is 25.2 Å². The van der Waals surface area contributed by atoms with Crippen molar-refractivity contribution in [2.45, 2.75) is 46.2 Å².